The van der Waals surface area contributed by atoms with Crippen LogP contribution in [0.5, 0.6) is 0 Å². The van der Waals surface area contributed by atoms with Crippen molar-refractivity contribution < 1.29 is 9.47 Å². The molecule has 4 aromatic rings. The number of rotatable bonds is 26. The zero-order valence-corrected chi connectivity index (χ0v) is 31.5. The maximum atomic E-state index is 5.92. The first-order valence-corrected chi connectivity index (χ1v) is 20.6. The van der Waals surface area contributed by atoms with Crippen LogP contribution in [0.1, 0.15) is 125 Å². The molecule has 0 spiro atoms. The molecule has 0 atom stereocenters. The zero-order valence-electron chi connectivity index (χ0n) is 29.9. The van der Waals surface area contributed by atoms with Gasteiger partial charge in [0, 0.05) is 45.6 Å². The lowest BCUT2D eigenvalue weighted by Crippen LogP contribution is -1.99. The van der Waals surface area contributed by atoms with Crippen LogP contribution in [0.25, 0.3) is 33.0 Å². The van der Waals surface area contributed by atoms with Crippen LogP contribution in [0, 0.1) is 0 Å². The Bertz CT molecular complexity index is 1290. The number of benzene rings is 2. The van der Waals surface area contributed by atoms with Crippen LogP contribution in [0.2, 0.25) is 0 Å². The van der Waals surface area contributed by atoms with Crippen molar-refractivity contribution in [1.29, 1.82) is 0 Å². The highest BCUT2D eigenvalue weighted by Gasteiger charge is 2.05. The van der Waals surface area contributed by atoms with Crippen LogP contribution < -0.4 is 0 Å². The van der Waals surface area contributed by atoms with Gasteiger partial charge >= 0.3 is 0 Å². The minimum atomic E-state index is 0.823. The predicted molar refractivity (Wildman–Crippen MR) is 213 cm³/mol. The second-order valence-corrected chi connectivity index (χ2v) is 15.4. The highest BCUT2D eigenvalue weighted by molar-refractivity contribution is 7.15. The minimum absolute atomic E-state index is 0.823. The van der Waals surface area contributed by atoms with Crippen molar-refractivity contribution in [2.45, 2.75) is 117 Å². The van der Waals surface area contributed by atoms with E-state index in [0.29, 0.717) is 0 Å². The molecular formula is C44H60O2S2. The third-order valence-corrected chi connectivity index (χ3v) is 11.3. The van der Waals surface area contributed by atoms with Gasteiger partial charge in [0.25, 0.3) is 0 Å². The van der Waals surface area contributed by atoms with Crippen LogP contribution in [0.3, 0.4) is 0 Å². The minimum Gasteiger partial charge on any atom is -0.381 e. The Balaban J connectivity index is 1.12. The summed E-state index contributed by atoms with van der Waals surface area (Å²) in [7, 11) is 0. The van der Waals surface area contributed by atoms with E-state index in [4.69, 9.17) is 9.47 Å². The van der Waals surface area contributed by atoms with E-state index in [1.165, 1.54) is 132 Å². The van der Waals surface area contributed by atoms with E-state index in [1.54, 1.807) is 0 Å². The summed E-state index contributed by atoms with van der Waals surface area (Å²) in [6, 6.07) is 26.9. The first-order chi connectivity index (χ1) is 23.7. The third kappa shape index (κ3) is 14.9. The maximum Gasteiger partial charge on any atom is 0.0514 e. The van der Waals surface area contributed by atoms with Gasteiger partial charge in [-0.05, 0) is 59.4 Å². The number of unbranched alkanes of at least 4 members (excludes halogenated alkanes) is 12. The number of ether oxygens (including phenoxy) is 2. The molecule has 0 amide bonds. The van der Waals surface area contributed by atoms with Gasteiger partial charge in [-0.2, -0.15) is 0 Å². The van der Waals surface area contributed by atoms with Crippen molar-refractivity contribution in [2.75, 3.05) is 26.4 Å². The summed E-state index contributed by atoms with van der Waals surface area (Å²) in [5.41, 5.74) is 5.00. The molecule has 0 bridgehead atoms. The van der Waals surface area contributed by atoms with E-state index in [-0.39, 0.29) is 0 Å². The molecule has 0 aliphatic carbocycles. The summed E-state index contributed by atoms with van der Waals surface area (Å²) in [6.07, 6.45) is 25.1. The van der Waals surface area contributed by atoms with Crippen LogP contribution in [0.4, 0.5) is 0 Å². The number of hydrogen-bond donors (Lipinski definition) is 0. The topological polar surface area (TPSA) is 18.5 Å². The molecule has 260 valence electrons. The monoisotopic (exact) mass is 684 g/mol. The molecule has 0 fully saturated rings. The molecule has 4 heteroatoms. The van der Waals surface area contributed by atoms with Crippen LogP contribution >= 0.6 is 22.7 Å². The third-order valence-electron chi connectivity index (χ3n) is 8.95. The molecule has 0 radical (unpaired) electrons. The first-order valence-electron chi connectivity index (χ1n) is 19.0. The second kappa shape index (κ2) is 23.8. The maximum absolute atomic E-state index is 5.92. The Hall–Kier alpha value is -2.50. The lowest BCUT2D eigenvalue weighted by Gasteiger charge is -2.04. The highest BCUT2D eigenvalue weighted by Crippen LogP contribution is 2.30. The van der Waals surface area contributed by atoms with Gasteiger partial charge in [-0.15, -0.1) is 22.7 Å². The summed E-state index contributed by atoms with van der Waals surface area (Å²) in [4.78, 5) is 5.46. The fourth-order valence-corrected chi connectivity index (χ4v) is 7.90. The van der Waals surface area contributed by atoms with Crippen molar-refractivity contribution in [3.05, 3.63) is 93.7 Å². The summed E-state index contributed by atoms with van der Waals surface area (Å²) in [6.45, 7) is 7.99. The van der Waals surface area contributed by atoms with Crippen molar-refractivity contribution in [3.8, 4) is 20.9 Å². The quantitative estimate of drug-likeness (QED) is 0.0484. The van der Waals surface area contributed by atoms with E-state index < -0.39 is 0 Å². The molecule has 0 unspecified atom stereocenters. The van der Waals surface area contributed by atoms with Crippen LogP contribution in [-0.4, -0.2) is 26.4 Å². The summed E-state index contributed by atoms with van der Waals surface area (Å²) in [5, 5.41) is 0. The van der Waals surface area contributed by atoms with Gasteiger partial charge in [-0.3, -0.25) is 0 Å². The van der Waals surface area contributed by atoms with Gasteiger partial charge in [0.2, 0.25) is 0 Å². The standard InChI is InChI=1S/C44H60O2S2/c1-3-5-7-9-11-13-15-33-45-35-31-41-27-29-43(47-41)39-23-19-37(20-24-39)17-18-38-21-25-40(26-22-38)44-30-28-42(48-44)32-36-46-34-16-14-12-10-8-6-4-2/h17-30H,3-16,31-36H2,1-2H3/b18-17+. The highest BCUT2D eigenvalue weighted by atomic mass is 32.1. The summed E-state index contributed by atoms with van der Waals surface area (Å²) in [5.74, 6) is 0. The van der Waals surface area contributed by atoms with Gasteiger partial charge in [0.1, 0.15) is 0 Å². The largest absolute Gasteiger partial charge is 0.381 e. The van der Waals surface area contributed by atoms with Crippen LogP contribution in [0.15, 0.2) is 72.8 Å². The Morgan fingerprint density at radius 2 is 0.792 bits per heavy atom. The van der Waals surface area contributed by atoms with E-state index in [0.717, 1.165) is 39.3 Å². The first kappa shape index (κ1) is 38.3. The Kier molecular flexibility index (Phi) is 19.0. The second-order valence-electron chi connectivity index (χ2n) is 13.1. The molecule has 2 nitrogen and oxygen atoms in total. The molecule has 0 aliphatic heterocycles. The number of hydrogen-bond acceptors (Lipinski definition) is 4. The molecule has 0 saturated carbocycles. The molecule has 2 aromatic heterocycles. The smallest absolute Gasteiger partial charge is 0.0514 e. The van der Waals surface area contributed by atoms with Gasteiger partial charge < -0.3 is 9.47 Å². The van der Waals surface area contributed by atoms with Gasteiger partial charge in [0.15, 0.2) is 0 Å². The molecule has 0 N–H and O–H groups in total. The van der Waals surface area contributed by atoms with E-state index in [1.807, 2.05) is 22.7 Å². The molecule has 2 aromatic carbocycles. The Morgan fingerprint density at radius 1 is 0.417 bits per heavy atom. The lowest BCUT2D eigenvalue weighted by molar-refractivity contribution is 0.133. The summed E-state index contributed by atoms with van der Waals surface area (Å²) >= 11 is 3.78. The van der Waals surface area contributed by atoms with Gasteiger partial charge in [0.05, 0.1) is 13.2 Å². The Morgan fingerprint density at radius 3 is 1.19 bits per heavy atom. The summed E-state index contributed by atoms with van der Waals surface area (Å²) < 4.78 is 11.8. The van der Waals surface area contributed by atoms with Crippen LogP contribution in [-0.2, 0) is 22.3 Å². The SMILES string of the molecule is CCCCCCCCCOCCc1ccc(-c2ccc(/C=C/c3ccc(-c4ccc(CCOCCCCCCCCC)s4)cc3)cc2)s1. The molecule has 2 heterocycles. The van der Waals surface area contributed by atoms with Crippen molar-refractivity contribution in [1.82, 2.24) is 0 Å². The fraction of sp³-hybridized carbons (Fsp3) is 0.500. The van der Waals surface area contributed by atoms with Crippen molar-refractivity contribution in [2.24, 2.45) is 0 Å². The molecule has 0 saturated heterocycles. The van der Waals surface area contributed by atoms with E-state index >= 15 is 0 Å². The zero-order chi connectivity index (χ0) is 33.5. The van der Waals surface area contributed by atoms with E-state index in [2.05, 4.69) is 98.8 Å². The molecule has 4 rings (SSSR count). The molecule has 48 heavy (non-hydrogen) atoms. The van der Waals surface area contributed by atoms with Gasteiger partial charge in [-0.25, -0.2) is 0 Å². The fourth-order valence-electron chi connectivity index (χ4n) is 5.92. The normalized spacial score (nSPS) is 11.6. The van der Waals surface area contributed by atoms with Gasteiger partial charge in [-0.1, -0.05) is 152 Å². The van der Waals surface area contributed by atoms with Crippen molar-refractivity contribution in [3.63, 3.8) is 0 Å². The average Bonchev–Trinajstić information content (AvgIpc) is 3.80. The lowest BCUT2D eigenvalue weighted by atomic mass is 10.1. The average molecular weight is 685 g/mol. The Labute approximate surface area is 300 Å². The predicted octanol–water partition coefficient (Wildman–Crippen LogP) is 13.9. The molecular weight excluding hydrogens is 625 g/mol. The van der Waals surface area contributed by atoms with E-state index in [9.17, 15) is 0 Å². The van der Waals surface area contributed by atoms with Crippen molar-refractivity contribution >= 4 is 34.8 Å². The molecule has 0 aliphatic rings. The number of thiophene rings is 2.